The van der Waals surface area contributed by atoms with Crippen LogP contribution in [0.1, 0.15) is 62.8 Å². The van der Waals surface area contributed by atoms with Crippen LogP contribution in [0, 0.1) is 5.92 Å². The predicted molar refractivity (Wildman–Crippen MR) is 99.9 cm³/mol. The van der Waals surface area contributed by atoms with Gasteiger partial charge < -0.3 is 4.57 Å². The standard InChI is InChI=1S/C20H26ClN3O/c1-14(2)7-11-19-22-23-20(24(19)16-8-9-16)12-10-17(25)13-15-5-3-4-6-18(15)21/h3-6,14,16H,7-13H2,1-2H3. The third-order valence-corrected chi connectivity index (χ3v) is 5.04. The molecule has 1 saturated carbocycles. The monoisotopic (exact) mass is 359 g/mol. The first-order valence-corrected chi connectivity index (χ1v) is 9.60. The lowest BCUT2D eigenvalue weighted by molar-refractivity contribution is -0.118. The summed E-state index contributed by atoms with van der Waals surface area (Å²) in [6.07, 6.45) is 6.03. The molecule has 0 N–H and O–H groups in total. The van der Waals surface area contributed by atoms with Crippen molar-refractivity contribution in [1.29, 1.82) is 0 Å². The number of aromatic nitrogens is 3. The van der Waals surface area contributed by atoms with Gasteiger partial charge in [0.25, 0.3) is 0 Å². The van der Waals surface area contributed by atoms with Crippen LogP contribution < -0.4 is 0 Å². The molecular formula is C20H26ClN3O. The summed E-state index contributed by atoms with van der Waals surface area (Å²) >= 11 is 6.15. The van der Waals surface area contributed by atoms with Crippen LogP contribution in [0.25, 0.3) is 0 Å². The van der Waals surface area contributed by atoms with Crippen molar-refractivity contribution < 1.29 is 4.79 Å². The zero-order chi connectivity index (χ0) is 17.8. The summed E-state index contributed by atoms with van der Waals surface area (Å²) < 4.78 is 2.30. The molecule has 4 nitrogen and oxygen atoms in total. The molecule has 1 aromatic heterocycles. The second kappa shape index (κ2) is 8.13. The average Bonchev–Trinajstić information content (AvgIpc) is 3.33. The smallest absolute Gasteiger partial charge is 0.137 e. The van der Waals surface area contributed by atoms with Crippen LogP contribution in [0.3, 0.4) is 0 Å². The number of rotatable bonds is 9. The van der Waals surface area contributed by atoms with Gasteiger partial charge in [-0.1, -0.05) is 43.6 Å². The molecule has 0 bridgehead atoms. The first kappa shape index (κ1) is 18.1. The number of hydrogen-bond acceptors (Lipinski definition) is 3. The van der Waals surface area contributed by atoms with Crippen LogP contribution in [-0.4, -0.2) is 20.5 Å². The molecule has 0 atom stereocenters. The average molecular weight is 360 g/mol. The fourth-order valence-corrected chi connectivity index (χ4v) is 3.27. The molecule has 1 fully saturated rings. The Labute approximate surface area is 154 Å². The summed E-state index contributed by atoms with van der Waals surface area (Å²) in [5.74, 6) is 2.91. The number of hydrogen-bond donors (Lipinski definition) is 0. The van der Waals surface area contributed by atoms with E-state index in [1.807, 2.05) is 24.3 Å². The van der Waals surface area contributed by atoms with Gasteiger partial charge >= 0.3 is 0 Å². The first-order valence-electron chi connectivity index (χ1n) is 9.22. The lowest BCUT2D eigenvalue weighted by atomic mass is 10.1. The number of aryl methyl sites for hydroxylation is 2. The van der Waals surface area contributed by atoms with E-state index in [1.165, 1.54) is 12.8 Å². The summed E-state index contributed by atoms with van der Waals surface area (Å²) in [4.78, 5) is 12.3. The highest BCUT2D eigenvalue weighted by molar-refractivity contribution is 6.31. The lowest BCUT2D eigenvalue weighted by Gasteiger charge is -2.10. The van der Waals surface area contributed by atoms with E-state index < -0.39 is 0 Å². The number of ketones is 1. The molecular weight excluding hydrogens is 334 g/mol. The number of carbonyl (C=O) groups is 1. The molecule has 0 radical (unpaired) electrons. The Morgan fingerprint density at radius 1 is 1.20 bits per heavy atom. The molecule has 0 spiro atoms. The second-order valence-corrected chi connectivity index (χ2v) is 7.78. The van der Waals surface area contributed by atoms with E-state index in [0.717, 1.165) is 30.1 Å². The van der Waals surface area contributed by atoms with Crippen molar-refractivity contribution in [3.63, 3.8) is 0 Å². The van der Waals surface area contributed by atoms with E-state index in [9.17, 15) is 4.79 Å². The van der Waals surface area contributed by atoms with Crippen molar-refractivity contribution in [1.82, 2.24) is 14.8 Å². The number of halogens is 1. The third-order valence-electron chi connectivity index (χ3n) is 4.67. The summed E-state index contributed by atoms with van der Waals surface area (Å²) in [7, 11) is 0. The molecule has 5 heteroatoms. The maximum Gasteiger partial charge on any atom is 0.137 e. The fourth-order valence-electron chi connectivity index (χ4n) is 3.07. The highest BCUT2D eigenvalue weighted by Crippen LogP contribution is 2.37. The third kappa shape index (κ3) is 4.91. The SMILES string of the molecule is CC(C)CCc1nnc(CCC(=O)Cc2ccccc2Cl)n1C1CC1. The van der Waals surface area contributed by atoms with Crippen LogP contribution in [-0.2, 0) is 24.1 Å². The lowest BCUT2D eigenvalue weighted by Crippen LogP contribution is -2.10. The van der Waals surface area contributed by atoms with Crippen LogP contribution in [0.5, 0.6) is 0 Å². The molecule has 1 heterocycles. The van der Waals surface area contributed by atoms with Gasteiger partial charge in [-0.05, 0) is 36.8 Å². The van der Waals surface area contributed by atoms with Crippen molar-refractivity contribution in [2.75, 3.05) is 0 Å². The van der Waals surface area contributed by atoms with E-state index in [1.54, 1.807) is 0 Å². The van der Waals surface area contributed by atoms with E-state index in [2.05, 4.69) is 28.6 Å². The maximum absolute atomic E-state index is 12.3. The van der Waals surface area contributed by atoms with Gasteiger partial charge in [0, 0.05) is 36.7 Å². The zero-order valence-electron chi connectivity index (χ0n) is 15.0. The van der Waals surface area contributed by atoms with E-state index in [0.29, 0.717) is 36.2 Å². The summed E-state index contributed by atoms with van der Waals surface area (Å²) in [5.41, 5.74) is 0.899. The van der Waals surface area contributed by atoms with Gasteiger partial charge in [-0.2, -0.15) is 0 Å². The zero-order valence-corrected chi connectivity index (χ0v) is 15.8. The Hall–Kier alpha value is -1.68. The molecule has 25 heavy (non-hydrogen) atoms. The van der Waals surface area contributed by atoms with Gasteiger partial charge in [0.15, 0.2) is 0 Å². The number of carbonyl (C=O) groups excluding carboxylic acids is 1. The molecule has 0 aliphatic heterocycles. The van der Waals surface area contributed by atoms with E-state index in [-0.39, 0.29) is 5.78 Å². The van der Waals surface area contributed by atoms with Crippen LogP contribution in [0.4, 0.5) is 0 Å². The van der Waals surface area contributed by atoms with Crippen molar-refractivity contribution in [3.8, 4) is 0 Å². The molecule has 1 aliphatic rings. The molecule has 0 unspecified atom stereocenters. The quantitative estimate of drug-likeness (QED) is 0.657. The van der Waals surface area contributed by atoms with Gasteiger partial charge in [-0.25, -0.2) is 0 Å². The normalized spacial score (nSPS) is 14.2. The first-order chi connectivity index (χ1) is 12.0. The summed E-state index contributed by atoms with van der Waals surface area (Å²) in [6.45, 7) is 4.46. The molecule has 0 saturated heterocycles. The highest BCUT2D eigenvalue weighted by Gasteiger charge is 2.29. The molecule has 1 aromatic carbocycles. The Morgan fingerprint density at radius 3 is 2.52 bits per heavy atom. The minimum atomic E-state index is 0.196. The highest BCUT2D eigenvalue weighted by atomic mass is 35.5. The van der Waals surface area contributed by atoms with Crippen molar-refractivity contribution in [3.05, 3.63) is 46.5 Å². The van der Waals surface area contributed by atoms with Gasteiger partial charge in [-0.3, -0.25) is 4.79 Å². The van der Waals surface area contributed by atoms with Crippen molar-refractivity contribution in [2.24, 2.45) is 5.92 Å². The van der Waals surface area contributed by atoms with Crippen LogP contribution in [0.2, 0.25) is 5.02 Å². The van der Waals surface area contributed by atoms with Crippen molar-refractivity contribution in [2.45, 2.75) is 64.8 Å². The Kier molecular flexibility index (Phi) is 5.89. The molecule has 134 valence electrons. The Morgan fingerprint density at radius 2 is 1.88 bits per heavy atom. The largest absolute Gasteiger partial charge is 0.312 e. The molecule has 3 rings (SSSR count). The van der Waals surface area contributed by atoms with Crippen molar-refractivity contribution >= 4 is 17.4 Å². The fraction of sp³-hybridized carbons (Fsp3) is 0.550. The second-order valence-electron chi connectivity index (χ2n) is 7.37. The van der Waals surface area contributed by atoms with Crippen LogP contribution in [0.15, 0.2) is 24.3 Å². The van der Waals surface area contributed by atoms with E-state index >= 15 is 0 Å². The van der Waals surface area contributed by atoms with E-state index in [4.69, 9.17) is 11.6 Å². The molecule has 0 amide bonds. The maximum atomic E-state index is 12.3. The van der Waals surface area contributed by atoms with Gasteiger partial charge in [0.05, 0.1) is 0 Å². The number of nitrogens with zero attached hydrogens (tertiary/aromatic N) is 3. The number of benzene rings is 1. The summed E-state index contributed by atoms with van der Waals surface area (Å²) in [5, 5.41) is 9.45. The Balaban J connectivity index is 1.61. The number of Topliss-reactive ketones (excluding diaryl/α,β-unsaturated/α-hetero) is 1. The minimum absolute atomic E-state index is 0.196. The van der Waals surface area contributed by atoms with Gasteiger partial charge in [0.2, 0.25) is 0 Å². The summed E-state index contributed by atoms with van der Waals surface area (Å²) in [6, 6.07) is 8.09. The van der Waals surface area contributed by atoms with Gasteiger partial charge in [0.1, 0.15) is 17.4 Å². The predicted octanol–water partition coefficient (Wildman–Crippen LogP) is 4.60. The van der Waals surface area contributed by atoms with Gasteiger partial charge in [-0.15, -0.1) is 10.2 Å². The van der Waals surface area contributed by atoms with Crippen LogP contribution >= 0.6 is 11.6 Å². The molecule has 1 aliphatic carbocycles. The molecule has 2 aromatic rings. The Bertz CT molecular complexity index is 734. The minimum Gasteiger partial charge on any atom is -0.312 e. The topological polar surface area (TPSA) is 47.8 Å².